The maximum atomic E-state index is 12.2. The molecule has 2 N–H and O–H groups in total. The first-order valence-corrected chi connectivity index (χ1v) is 9.58. The lowest BCUT2D eigenvalue weighted by Crippen LogP contribution is -2.48. The van der Waals surface area contributed by atoms with Crippen LogP contribution in [0.25, 0.3) is 11.5 Å². The van der Waals surface area contributed by atoms with Crippen LogP contribution in [0, 0.1) is 0 Å². The van der Waals surface area contributed by atoms with Gasteiger partial charge < -0.3 is 13.9 Å². The zero-order valence-corrected chi connectivity index (χ0v) is 17.0. The molecule has 0 radical (unpaired) electrons. The van der Waals surface area contributed by atoms with Crippen molar-refractivity contribution in [1.29, 1.82) is 0 Å². The quantitative estimate of drug-likeness (QED) is 0.523. The zero-order valence-electron chi connectivity index (χ0n) is 17.0. The van der Waals surface area contributed by atoms with Crippen LogP contribution in [0.4, 0.5) is 0 Å². The summed E-state index contributed by atoms with van der Waals surface area (Å²) in [7, 11) is 0. The highest BCUT2D eigenvalue weighted by atomic mass is 16.5. The zero-order chi connectivity index (χ0) is 22.2. The second-order valence-electron chi connectivity index (χ2n) is 6.40. The summed E-state index contributed by atoms with van der Waals surface area (Å²) < 4.78 is 16.8. The summed E-state index contributed by atoms with van der Waals surface area (Å²) in [5.74, 6) is -0.749. The Morgan fingerprint density at radius 1 is 1.06 bits per heavy atom. The Hall–Kier alpha value is -4.08. The van der Waals surface area contributed by atoms with Crippen LogP contribution in [0.3, 0.4) is 0 Å². The van der Waals surface area contributed by atoms with Crippen LogP contribution >= 0.6 is 0 Å². The van der Waals surface area contributed by atoms with Gasteiger partial charge in [0.2, 0.25) is 5.89 Å². The maximum absolute atomic E-state index is 12.2. The molecular formula is C21H22N4O6. The molecule has 0 aliphatic carbocycles. The van der Waals surface area contributed by atoms with E-state index >= 15 is 0 Å². The first-order valence-electron chi connectivity index (χ1n) is 9.58. The lowest BCUT2D eigenvalue weighted by atomic mass is 10.2. The van der Waals surface area contributed by atoms with Crippen LogP contribution < -0.4 is 26.1 Å². The Bertz CT molecular complexity index is 1080. The van der Waals surface area contributed by atoms with Crippen molar-refractivity contribution in [3.63, 3.8) is 0 Å². The average Bonchev–Trinajstić information content (AvgIpc) is 3.14. The molecule has 162 valence electrons. The SMILES string of the molecule is CCOc1ccc(OC(C)C(=O)NNC(=O)Cn2nc(-c3ccccc3)oc2=O)cc1. The van der Waals surface area contributed by atoms with Crippen molar-refractivity contribution in [1.82, 2.24) is 20.6 Å². The fraction of sp³-hybridized carbons (Fsp3) is 0.238. The molecule has 0 saturated heterocycles. The van der Waals surface area contributed by atoms with Crippen molar-refractivity contribution in [3.8, 4) is 23.0 Å². The fourth-order valence-electron chi connectivity index (χ4n) is 2.55. The molecule has 1 atom stereocenters. The van der Waals surface area contributed by atoms with Crippen LogP contribution in [-0.2, 0) is 16.1 Å². The summed E-state index contributed by atoms with van der Waals surface area (Å²) in [4.78, 5) is 36.1. The minimum Gasteiger partial charge on any atom is -0.494 e. The van der Waals surface area contributed by atoms with Gasteiger partial charge in [0, 0.05) is 5.56 Å². The number of carbonyl (C=O) groups excluding carboxylic acids is 2. The molecule has 1 unspecified atom stereocenters. The van der Waals surface area contributed by atoms with Crippen molar-refractivity contribution in [2.24, 2.45) is 0 Å². The molecule has 1 aromatic heterocycles. The van der Waals surface area contributed by atoms with E-state index in [1.165, 1.54) is 6.92 Å². The van der Waals surface area contributed by atoms with Gasteiger partial charge in [-0.1, -0.05) is 18.2 Å². The van der Waals surface area contributed by atoms with E-state index in [1.807, 2.05) is 13.0 Å². The summed E-state index contributed by atoms with van der Waals surface area (Å²) in [5.41, 5.74) is 5.07. The molecule has 2 aromatic carbocycles. The van der Waals surface area contributed by atoms with E-state index in [9.17, 15) is 14.4 Å². The number of nitrogens with zero attached hydrogens (tertiary/aromatic N) is 2. The Kier molecular flexibility index (Phi) is 7.05. The smallest absolute Gasteiger partial charge is 0.437 e. The molecule has 2 amide bonds. The van der Waals surface area contributed by atoms with Crippen LogP contribution in [0.2, 0.25) is 0 Å². The van der Waals surface area contributed by atoms with Gasteiger partial charge in [-0.3, -0.25) is 20.4 Å². The number of hydrazine groups is 1. The van der Waals surface area contributed by atoms with Crippen molar-refractivity contribution in [2.75, 3.05) is 6.61 Å². The van der Waals surface area contributed by atoms with Crippen molar-refractivity contribution in [3.05, 3.63) is 65.1 Å². The molecule has 10 nitrogen and oxygen atoms in total. The second kappa shape index (κ2) is 10.1. The van der Waals surface area contributed by atoms with Gasteiger partial charge in [0.1, 0.15) is 18.0 Å². The second-order valence-corrected chi connectivity index (χ2v) is 6.40. The first-order chi connectivity index (χ1) is 15.0. The standard InChI is InChI=1S/C21H22N4O6/c1-3-29-16-9-11-17(12-10-16)30-14(2)19(27)23-22-18(26)13-25-21(28)31-20(24-25)15-7-5-4-6-8-15/h4-12,14H,3,13H2,1-2H3,(H,22,26)(H,23,27). The van der Waals surface area contributed by atoms with E-state index in [0.717, 1.165) is 4.68 Å². The minimum atomic E-state index is -0.877. The maximum Gasteiger partial charge on any atom is 0.437 e. The molecule has 3 rings (SSSR count). The highest BCUT2D eigenvalue weighted by molar-refractivity contribution is 5.84. The third-order valence-electron chi connectivity index (χ3n) is 4.06. The predicted molar refractivity (Wildman–Crippen MR) is 110 cm³/mol. The number of amides is 2. The summed E-state index contributed by atoms with van der Waals surface area (Å²) in [5, 5.41) is 3.99. The summed E-state index contributed by atoms with van der Waals surface area (Å²) >= 11 is 0. The van der Waals surface area contributed by atoms with Gasteiger partial charge in [-0.2, -0.15) is 4.68 Å². The molecule has 0 spiro atoms. The van der Waals surface area contributed by atoms with Crippen molar-refractivity contribution >= 4 is 11.8 Å². The van der Waals surface area contributed by atoms with Gasteiger partial charge in [0.05, 0.1) is 6.61 Å². The van der Waals surface area contributed by atoms with Crippen molar-refractivity contribution < 1.29 is 23.5 Å². The van der Waals surface area contributed by atoms with E-state index < -0.39 is 30.2 Å². The molecule has 10 heteroatoms. The van der Waals surface area contributed by atoms with Crippen LogP contribution in [0.15, 0.2) is 63.8 Å². The van der Waals surface area contributed by atoms with Crippen LogP contribution in [-0.4, -0.2) is 34.3 Å². The monoisotopic (exact) mass is 426 g/mol. The normalized spacial score (nSPS) is 11.4. The Labute approximate surface area is 177 Å². The summed E-state index contributed by atoms with van der Waals surface area (Å²) in [6.07, 6.45) is -0.877. The lowest BCUT2D eigenvalue weighted by molar-refractivity contribution is -0.133. The summed E-state index contributed by atoms with van der Waals surface area (Å²) in [6, 6.07) is 15.6. The van der Waals surface area contributed by atoms with Gasteiger partial charge in [-0.15, -0.1) is 5.10 Å². The number of rotatable bonds is 8. The molecule has 0 fully saturated rings. The number of nitrogens with one attached hydrogen (secondary N) is 2. The molecule has 0 aliphatic heterocycles. The Morgan fingerprint density at radius 3 is 2.42 bits per heavy atom. The van der Waals surface area contributed by atoms with E-state index in [0.29, 0.717) is 23.7 Å². The van der Waals surface area contributed by atoms with Crippen molar-refractivity contribution in [2.45, 2.75) is 26.5 Å². The number of hydrogen-bond donors (Lipinski definition) is 2. The predicted octanol–water partition coefficient (Wildman–Crippen LogP) is 1.52. The topological polar surface area (TPSA) is 125 Å². The molecule has 0 saturated carbocycles. The Morgan fingerprint density at radius 2 is 1.74 bits per heavy atom. The fourth-order valence-corrected chi connectivity index (χ4v) is 2.55. The molecule has 31 heavy (non-hydrogen) atoms. The van der Waals surface area contributed by atoms with Gasteiger partial charge in [0.25, 0.3) is 11.8 Å². The number of hydrogen-bond acceptors (Lipinski definition) is 7. The van der Waals surface area contributed by atoms with E-state index in [4.69, 9.17) is 13.9 Å². The van der Waals surface area contributed by atoms with E-state index in [1.54, 1.807) is 48.5 Å². The highest BCUT2D eigenvalue weighted by Crippen LogP contribution is 2.18. The van der Waals surface area contributed by atoms with Gasteiger partial charge in [-0.25, -0.2) is 4.79 Å². The minimum absolute atomic E-state index is 0.0970. The third-order valence-corrected chi connectivity index (χ3v) is 4.06. The Balaban J connectivity index is 1.49. The van der Waals surface area contributed by atoms with Crippen LogP contribution in [0.5, 0.6) is 11.5 Å². The van der Waals surface area contributed by atoms with E-state index in [-0.39, 0.29) is 5.89 Å². The number of carbonyl (C=O) groups is 2. The van der Waals surface area contributed by atoms with Crippen LogP contribution in [0.1, 0.15) is 13.8 Å². The molecule has 3 aromatic rings. The number of benzene rings is 2. The number of ether oxygens (including phenoxy) is 2. The number of aromatic nitrogens is 2. The molecular weight excluding hydrogens is 404 g/mol. The third kappa shape index (κ3) is 5.95. The van der Waals surface area contributed by atoms with E-state index in [2.05, 4.69) is 16.0 Å². The molecule has 1 heterocycles. The summed E-state index contributed by atoms with van der Waals surface area (Å²) in [6.45, 7) is 3.54. The van der Waals surface area contributed by atoms with Gasteiger partial charge in [-0.05, 0) is 50.2 Å². The molecule has 0 bridgehead atoms. The lowest BCUT2D eigenvalue weighted by Gasteiger charge is -2.15. The highest BCUT2D eigenvalue weighted by Gasteiger charge is 2.17. The van der Waals surface area contributed by atoms with Gasteiger partial charge >= 0.3 is 5.76 Å². The van der Waals surface area contributed by atoms with Gasteiger partial charge in [0.15, 0.2) is 6.10 Å². The molecule has 0 aliphatic rings. The first kappa shape index (κ1) is 21.6. The largest absolute Gasteiger partial charge is 0.494 e. The average molecular weight is 426 g/mol.